The van der Waals surface area contributed by atoms with Gasteiger partial charge < -0.3 is 15.2 Å². The standard InChI is InChI=1S/C11H14N2O2/c12-9-4-3-8-2-1-5-11(10(8)13-9)14-6-7-15-11/h3-4H,1-2,5-7H2,(H2,12,13). The van der Waals surface area contributed by atoms with E-state index >= 15 is 0 Å². The molecule has 15 heavy (non-hydrogen) atoms. The van der Waals surface area contributed by atoms with Crippen LogP contribution in [0.2, 0.25) is 0 Å². The second kappa shape index (κ2) is 3.18. The Hall–Kier alpha value is -1.13. The van der Waals surface area contributed by atoms with E-state index in [0.717, 1.165) is 25.0 Å². The Morgan fingerprint density at radius 1 is 1.27 bits per heavy atom. The number of aromatic nitrogens is 1. The number of hydrogen-bond acceptors (Lipinski definition) is 4. The van der Waals surface area contributed by atoms with Crippen molar-refractivity contribution >= 4 is 5.82 Å². The molecule has 1 spiro atoms. The molecule has 1 fully saturated rings. The fourth-order valence-electron chi connectivity index (χ4n) is 2.40. The number of nitrogens with two attached hydrogens (primary N) is 1. The van der Waals surface area contributed by atoms with Crippen LogP contribution in [0.25, 0.3) is 0 Å². The van der Waals surface area contributed by atoms with Gasteiger partial charge >= 0.3 is 0 Å². The van der Waals surface area contributed by atoms with E-state index < -0.39 is 5.79 Å². The van der Waals surface area contributed by atoms with E-state index in [4.69, 9.17) is 15.2 Å². The highest BCUT2D eigenvalue weighted by molar-refractivity contribution is 5.37. The lowest BCUT2D eigenvalue weighted by Crippen LogP contribution is -2.33. The number of nitrogen functional groups attached to an aromatic ring is 1. The van der Waals surface area contributed by atoms with Gasteiger partial charge in [0, 0.05) is 6.42 Å². The van der Waals surface area contributed by atoms with Crippen molar-refractivity contribution in [3.05, 3.63) is 23.4 Å². The van der Waals surface area contributed by atoms with Crippen LogP contribution in [0.3, 0.4) is 0 Å². The molecule has 0 aromatic carbocycles. The van der Waals surface area contributed by atoms with Gasteiger partial charge in [-0.3, -0.25) is 0 Å². The minimum absolute atomic E-state index is 0.536. The zero-order valence-corrected chi connectivity index (χ0v) is 8.53. The Labute approximate surface area is 88.4 Å². The second-order valence-corrected chi connectivity index (χ2v) is 4.05. The first-order chi connectivity index (χ1) is 7.30. The maximum absolute atomic E-state index is 5.72. The number of aryl methyl sites for hydroxylation is 1. The van der Waals surface area contributed by atoms with Crippen molar-refractivity contribution in [1.29, 1.82) is 0 Å². The summed E-state index contributed by atoms with van der Waals surface area (Å²) in [6.45, 7) is 1.30. The van der Waals surface area contributed by atoms with Gasteiger partial charge in [-0.2, -0.15) is 0 Å². The van der Waals surface area contributed by atoms with Crippen molar-refractivity contribution in [3.63, 3.8) is 0 Å². The molecule has 2 heterocycles. The summed E-state index contributed by atoms with van der Waals surface area (Å²) in [5.41, 5.74) is 7.81. The molecule has 1 aliphatic heterocycles. The van der Waals surface area contributed by atoms with Gasteiger partial charge in [0.25, 0.3) is 0 Å². The van der Waals surface area contributed by atoms with E-state index in [1.807, 2.05) is 12.1 Å². The lowest BCUT2D eigenvalue weighted by Gasteiger charge is -2.32. The summed E-state index contributed by atoms with van der Waals surface area (Å²) in [5.74, 6) is -0.0581. The number of fused-ring (bicyclic) bond motifs is 2. The van der Waals surface area contributed by atoms with Gasteiger partial charge in [0.15, 0.2) is 0 Å². The molecule has 4 heteroatoms. The minimum atomic E-state index is -0.594. The summed E-state index contributed by atoms with van der Waals surface area (Å²) in [7, 11) is 0. The Balaban J connectivity index is 2.12. The summed E-state index contributed by atoms with van der Waals surface area (Å²) in [5, 5.41) is 0. The van der Waals surface area contributed by atoms with E-state index in [1.165, 1.54) is 5.56 Å². The highest BCUT2D eigenvalue weighted by Crippen LogP contribution is 2.41. The average molecular weight is 206 g/mol. The zero-order chi connectivity index (χ0) is 10.3. The third-order valence-electron chi connectivity index (χ3n) is 3.07. The van der Waals surface area contributed by atoms with E-state index in [9.17, 15) is 0 Å². The van der Waals surface area contributed by atoms with Gasteiger partial charge in [0.05, 0.1) is 13.2 Å². The van der Waals surface area contributed by atoms with Crippen LogP contribution in [0.15, 0.2) is 12.1 Å². The van der Waals surface area contributed by atoms with E-state index in [-0.39, 0.29) is 0 Å². The van der Waals surface area contributed by atoms with Gasteiger partial charge in [-0.25, -0.2) is 4.98 Å². The van der Waals surface area contributed by atoms with Crippen LogP contribution in [-0.4, -0.2) is 18.2 Å². The predicted octanol–water partition coefficient (Wildman–Crippen LogP) is 1.20. The van der Waals surface area contributed by atoms with E-state index in [1.54, 1.807) is 0 Å². The third kappa shape index (κ3) is 1.33. The molecule has 1 saturated heterocycles. The molecule has 4 nitrogen and oxygen atoms in total. The van der Waals surface area contributed by atoms with Crippen molar-refractivity contribution in [2.24, 2.45) is 0 Å². The topological polar surface area (TPSA) is 57.4 Å². The highest BCUT2D eigenvalue weighted by Gasteiger charge is 2.43. The Kier molecular flexibility index (Phi) is 1.94. The summed E-state index contributed by atoms with van der Waals surface area (Å²) in [4.78, 5) is 4.38. The maximum Gasteiger partial charge on any atom is 0.212 e. The van der Waals surface area contributed by atoms with Crippen LogP contribution in [-0.2, 0) is 21.7 Å². The van der Waals surface area contributed by atoms with Gasteiger partial charge in [0.1, 0.15) is 11.5 Å². The SMILES string of the molecule is Nc1ccc2c(n1)C1(CCC2)OCCO1. The summed E-state index contributed by atoms with van der Waals surface area (Å²) in [6, 6.07) is 3.87. The lowest BCUT2D eigenvalue weighted by atomic mass is 9.91. The quantitative estimate of drug-likeness (QED) is 0.693. The van der Waals surface area contributed by atoms with Gasteiger partial charge in [-0.1, -0.05) is 6.07 Å². The number of hydrogen-bond donors (Lipinski definition) is 1. The molecular weight excluding hydrogens is 192 g/mol. The second-order valence-electron chi connectivity index (χ2n) is 4.05. The van der Waals surface area contributed by atoms with Crippen LogP contribution in [0.4, 0.5) is 5.82 Å². The molecule has 0 amide bonds. The molecule has 2 N–H and O–H groups in total. The first-order valence-electron chi connectivity index (χ1n) is 5.34. The molecule has 80 valence electrons. The molecular formula is C11H14N2O2. The first kappa shape index (κ1) is 9.12. The number of rotatable bonds is 0. The third-order valence-corrected chi connectivity index (χ3v) is 3.07. The molecule has 0 atom stereocenters. The molecule has 1 aromatic heterocycles. The van der Waals surface area contributed by atoms with Gasteiger partial charge in [-0.15, -0.1) is 0 Å². The van der Waals surface area contributed by atoms with Crippen LogP contribution in [0, 0.1) is 0 Å². The maximum atomic E-state index is 5.72. The van der Waals surface area contributed by atoms with Crippen LogP contribution < -0.4 is 5.73 Å². The first-order valence-corrected chi connectivity index (χ1v) is 5.34. The summed E-state index contributed by atoms with van der Waals surface area (Å²) in [6.07, 6.45) is 3.01. The van der Waals surface area contributed by atoms with Gasteiger partial charge in [-0.05, 0) is 24.5 Å². The number of anilines is 1. The number of ether oxygens (including phenoxy) is 2. The molecule has 0 unspecified atom stereocenters. The van der Waals surface area contributed by atoms with E-state index in [2.05, 4.69) is 4.98 Å². The molecule has 1 aromatic rings. The van der Waals surface area contributed by atoms with Crippen molar-refractivity contribution in [1.82, 2.24) is 4.98 Å². The molecule has 0 saturated carbocycles. The van der Waals surface area contributed by atoms with Crippen molar-refractivity contribution in [2.45, 2.75) is 25.0 Å². The fourth-order valence-corrected chi connectivity index (χ4v) is 2.40. The van der Waals surface area contributed by atoms with Crippen molar-refractivity contribution in [2.75, 3.05) is 18.9 Å². The fraction of sp³-hybridized carbons (Fsp3) is 0.545. The Morgan fingerprint density at radius 3 is 2.87 bits per heavy atom. The van der Waals surface area contributed by atoms with Crippen LogP contribution in [0.1, 0.15) is 24.1 Å². The van der Waals surface area contributed by atoms with Gasteiger partial charge in [0.2, 0.25) is 5.79 Å². The average Bonchev–Trinajstić information content (AvgIpc) is 2.69. The molecule has 0 radical (unpaired) electrons. The van der Waals surface area contributed by atoms with Crippen molar-refractivity contribution < 1.29 is 9.47 Å². The normalized spacial score (nSPS) is 22.9. The number of nitrogens with zero attached hydrogens (tertiary/aromatic N) is 1. The smallest absolute Gasteiger partial charge is 0.212 e. The minimum Gasteiger partial charge on any atom is -0.384 e. The zero-order valence-electron chi connectivity index (χ0n) is 8.53. The highest BCUT2D eigenvalue weighted by atomic mass is 16.7. The molecule has 3 rings (SSSR count). The molecule has 0 bridgehead atoms. The molecule has 1 aliphatic carbocycles. The largest absolute Gasteiger partial charge is 0.384 e. The van der Waals surface area contributed by atoms with E-state index in [0.29, 0.717) is 19.0 Å². The predicted molar refractivity (Wildman–Crippen MR) is 55.2 cm³/mol. The Morgan fingerprint density at radius 2 is 2.07 bits per heavy atom. The molecule has 2 aliphatic rings. The Bertz CT molecular complexity index is 386. The number of pyridine rings is 1. The summed E-state index contributed by atoms with van der Waals surface area (Å²) < 4.78 is 11.4. The van der Waals surface area contributed by atoms with Crippen molar-refractivity contribution in [3.8, 4) is 0 Å². The van der Waals surface area contributed by atoms with Crippen LogP contribution >= 0.6 is 0 Å². The monoisotopic (exact) mass is 206 g/mol. The summed E-state index contributed by atoms with van der Waals surface area (Å²) >= 11 is 0. The lowest BCUT2D eigenvalue weighted by molar-refractivity contribution is -0.178. The van der Waals surface area contributed by atoms with Crippen LogP contribution in [0.5, 0.6) is 0 Å².